The fourth-order valence-electron chi connectivity index (χ4n) is 2.16. The molecule has 0 amide bonds. The molecule has 1 N–H and O–H groups in total. The zero-order valence-corrected chi connectivity index (χ0v) is 10.5. The van der Waals surface area contributed by atoms with Crippen LogP contribution < -0.4 is 10.2 Å². The number of hydrogen-bond acceptors (Lipinski definition) is 2. The molecule has 1 aliphatic rings. The first-order chi connectivity index (χ1) is 8.40. The minimum absolute atomic E-state index is 0.907. The third kappa shape index (κ3) is 3.42. The van der Waals surface area contributed by atoms with E-state index in [1.54, 1.807) is 0 Å². The zero-order valence-electron chi connectivity index (χ0n) is 10.5. The Morgan fingerprint density at radius 3 is 2.53 bits per heavy atom. The van der Waals surface area contributed by atoms with Crippen molar-refractivity contribution in [3.8, 4) is 11.8 Å². The van der Waals surface area contributed by atoms with E-state index in [-0.39, 0.29) is 0 Å². The van der Waals surface area contributed by atoms with E-state index < -0.39 is 0 Å². The predicted molar refractivity (Wildman–Crippen MR) is 74.4 cm³/mol. The van der Waals surface area contributed by atoms with Crippen LogP contribution in [0.2, 0.25) is 0 Å². The molecule has 2 nitrogen and oxygen atoms in total. The number of hydrogen-bond donors (Lipinski definition) is 1. The summed E-state index contributed by atoms with van der Waals surface area (Å²) in [5.74, 6) is 5.96. The van der Waals surface area contributed by atoms with Crippen LogP contribution in [0.1, 0.15) is 26.2 Å². The lowest BCUT2D eigenvalue weighted by atomic mass is 10.2. The summed E-state index contributed by atoms with van der Waals surface area (Å²) < 4.78 is 0. The quantitative estimate of drug-likeness (QED) is 0.629. The summed E-state index contributed by atoms with van der Waals surface area (Å²) in [5.41, 5.74) is 2.53. The van der Waals surface area contributed by atoms with Gasteiger partial charge in [-0.05, 0) is 44.0 Å². The van der Waals surface area contributed by atoms with Crippen LogP contribution in [-0.4, -0.2) is 19.6 Å². The van der Waals surface area contributed by atoms with Gasteiger partial charge in [0.05, 0.1) is 0 Å². The molecule has 1 saturated heterocycles. The number of nitrogens with zero attached hydrogens (tertiary/aromatic N) is 1. The molecule has 1 aromatic rings. The molecule has 0 saturated carbocycles. The standard InChI is InChI=1S/C15H20N2/c1-2-3-4-11-16-14-7-9-15(10-8-14)17-12-5-6-13-17/h7-10,16H,4-6,11-13H2,1H3. The van der Waals surface area contributed by atoms with Crippen molar-refractivity contribution in [2.75, 3.05) is 29.9 Å². The van der Waals surface area contributed by atoms with Gasteiger partial charge in [0.1, 0.15) is 0 Å². The highest BCUT2D eigenvalue weighted by atomic mass is 15.1. The van der Waals surface area contributed by atoms with Gasteiger partial charge in [-0.15, -0.1) is 11.8 Å². The average molecular weight is 228 g/mol. The number of anilines is 2. The summed E-state index contributed by atoms with van der Waals surface area (Å²) in [5, 5.41) is 3.38. The third-order valence-corrected chi connectivity index (χ3v) is 3.09. The topological polar surface area (TPSA) is 15.3 Å². The van der Waals surface area contributed by atoms with Crippen molar-refractivity contribution in [3.63, 3.8) is 0 Å². The fraction of sp³-hybridized carbons (Fsp3) is 0.467. The van der Waals surface area contributed by atoms with E-state index in [1.807, 2.05) is 6.92 Å². The Morgan fingerprint density at radius 2 is 1.88 bits per heavy atom. The Balaban J connectivity index is 1.85. The SMILES string of the molecule is CC#CCCNc1ccc(N2CCCC2)cc1. The Hall–Kier alpha value is -1.62. The van der Waals surface area contributed by atoms with Gasteiger partial charge >= 0.3 is 0 Å². The van der Waals surface area contributed by atoms with Gasteiger partial charge < -0.3 is 10.2 Å². The fourth-order valence-corrected chi connectivity index (χ4v) is 2.16. The summed E-state index contributed by atoms with van der Waals surface area (Å²) >= 11 is 0. The van der Waals surface area contributed by atoms with Crippen LogP contribution >= 0.6 is 0 Å². The molecule has 1 aliphatic heterocycles. The maximum atomic E-state index is 3.38. The lowest BCUT2D eigenvalue weighted by Gasteiger charge is -2.17. The van der Waals surface area contributed by atoms with Crippen LogP contribution in [0, 0.1) is 11.8 Å². The van der Waals surface area contributed by atoms with Crippen LogP contribution in [0.25, 0.3) is 0 Å². The van der Waals surface area contributed by atoms with Crippen molar-refractivity contribution >= 4 is 11.4 Å². The van der Waals surface area contributed by atoms with E-state index in [9.17, 15) is 0 Å². The first-order valence-corrected chi connectivity index (χ1v) is 6.38. The molecule has 0 atom stereocenters. The molecule has 90 valence electrons. The van der Waals surface area contributed by atoms with Gasteiger partial charge in [0.2, 0.25) is 0 Å². The molecular formula is C15H20N2. The normalized spacial score (nSPS) is 14.3. The molecule has 1 heterocycles. The molecule has 0 unspecified atom stereocenters. The van der Waals surface area contributed by atoms with Crippen LogP contribution in [-0.2, 0) is 0 Å². The van der Waals surface area contributed by atoms with E-state index in [4.69, 9.17) is 0 Å². The van der Waals surface area contributed by atoms with Crippen LogP contribution in [0.15, 0.2) is 24.3 Å². The van der Waals surface area contributed by atoms with Crippen molar-refractivity contribution in [2.45, 2.75) is 26.2 Å². The molecule has 0 bridgehead atoms. The van der Waals surface area contributed by atoms with Gasteiger partial charge in [-0.3, -0.25) is 0 Å². The highest BCUT2D eigenvalue weighted by molar-refractivity contribution is 5.55. The summed E-state index contributed by atoms with van der Waals surface area (Å²) in [6, 6.07) is 8.73. The van der Waals surface area contributed by atoms with Gasteiger partial charge in [-0.25, -0.2) is 0 Å². The van der Waals surface area contributed by atoms with E-state index in [0.29, 0.717) is 0 Å². The summed E-state index contributed by atoms with van der Waals surface area (Å²) in [4.78, 5) is 2.45. The van der Waals surface area contributed by atoms with Crippen molar-refractivity contribution in [2.24, 2.45) is 0 Å². The summed E-state index contributed by atoms with van der Waals surface area (Å²) in [6.45, 7) is 5.21. The molecular weight excluding hydrogens is 208 g/mol. The molecule has 1 aromatic carbocycles. The highest BCUT2D eigenvalue weighted by Gasteiger charge is 2.11. The Kier molecular flexibility index (Phi) is 4.32. The molecule has 2 rings (SSSR count). The maximum Gasteiger partial charge on any atom is 0.0367 e. The largest absolute Gasteiger partial charge is 0.384 e. The third-order valence-electron chi connectivity index (χ3n) is 3.09. The van der Waals surface area contributed by atoms with Crippen molar-refractivity contribution in [3.05, 3.63) is 24.3 Å². The minimum atomic E-state index is 0.907. The first-order valence-electron chi connectivity index (χ1n) is 6.38. The van der Waals surface area contributed by atoms with Gasteiger partial charge in [0.25, 0.3) is 0 Å². The second kappa shape index (κ2) is 6.20. The molecule has 2 heteroatoms. The summed E-state index contributed by atoms with van der Waals surface area (Å²) in [6.07, 6.45) is 3.57. The molecule has 1 fully saturated rings. The summed E-state index contributed by atoms with van der Waals surface area (Å²) in [7, 11) is 0. The van der Waals surface area contributed by atoms with Crippen molar-refractivity contribution in [1.82, 2.24) is 0 Å². The van der Waals surface area contributed by atoms with Gasteiger partial charge in [0.15, 0.2) is 0 Å². The predicted octanol–water partition coefficient (Wildman–Crippen LogP) is 3.11. The minimum Gasteiger partial charge on any atom is -0.384 e. The Labute approximate surface area is 104 Å². The zero-order chi connectivity index (χ0) is 11.9. The van der Waals surface area contributed by atoms with Crippen molar-refractivity contribution in [1.29, 1.82) is 0 Å². The number of nitrogens with one attached hydrogen (secondary N) is 1. The molecule has 0 spiro atoms. The second-order valence-electron chi connectivity index (χ2n) is 4.34. The van der Waals surface area contributed by atoms with Gasteiger partial charge in [-0.1, -0.05) is 0 Å². The van der Waals surface area contributed by atoms with Crippen molar-refractivity contribution < 1.29 is 0 Å². The average Bonchev–Trinajstić information content (AvgIpc) is 2.89. The molecule has 0 aliphatic carbocycles. The van der Waals surface area contributed by atoms with Crippen LogP contribution in [0.3, 0.4) is 0 Å². The molecule has 0 aromatic heterocycles. The lowest BCUT2D eigenvalue weighted by molar-refractivity contribution is 0.949. The maximum absolute atomic E-state index is 3.38. The highest BCUT2D eigenvalue weighted by Crippen LogP contribution is 2.21. The monoisotopic (exact) mass is 228 g/mol. The molecule has 17 heavy (non-hydrogen) atoms. The van der Waals surface area contributed by atoms with Gasteiger partial charge in [0, 0.05) is 37.4 Å². The van der Waals surface area contributed by atoms with E-state index >= 15 is 0 Å². The Morgan fingerprint density at radius 1 is 1.18 bits per heavy atom. The van der Waals surface area contributed by atoms with E-state index in [2.05, 4.69) is 46.3 Å². The van der Waals surface area contributed by atoms with E-state index in [0.717, 1.165) is 13.0 Å². The molecule has 0 radical (unpaired) electrons. The van der Waals surface area contributed by atoms with Crippen LogP contribution in [0.5, 0.6) is 0 Å². The number of rotatable bonds is 4. The van der Waals surface area contributed by atoms with Gasteiger partial charge in [-0.2, -0.15) is 0 Å². The van der Waals surface area contributed by atoms with Crippen LogP contribution in [0.4, 0.5) is 11.4 Å². The Bertz CT molecular complexity index is 391. The second-order valence-corrected chi connectivity index (χ2v) is 4.34. The number of benzene rings is 1. The lowest BCUT2D eigenvalue weighted by Crippen LogP contribution is -2.17. The van der Waals surface area contributed by atoms with E-state index in [1.165, 1.54) is 37.3 Å². The smallest absolute Gasteiger partial charge is 0.0367 e. The first kappa shape index (κ1) is 11.9.